The normalized spacial score (nSPS) is 10.5. The summed E-state index contributed by atoms with van der Waals surface area (Å²) in [6, 6.07) is 23.0. The molecule has 5 nitrogen and oxygen atoms in total. The van der Waals surface area contributed by atoms with Gasteiger partial charge in [-0.15, -0.1) is 0 Å². The van der Waals surface area contributed by atoms with Crippen LogP contribution in [-0.2, 0) is 0 Å². The van der Waals surface area contributed by atoms with Crippen LogP contribution in [-0.4, -0.2) is 15.8 Å². The van der Waals surface area contributed by atoms with Crippen LogP contribution in [0.3, 0.4) is 0 Å². The van der Waals surface area contributed by atoms with Crippen molar-refractivity contribution < 1.29 is 4.79 Å². The highest BCUT2D eigenvalue weighted by Gasteiger charge is 2.11. The van der Waals surface area contributed by atoms with E-state index in [0.29, 0.717) is 17.5 Å². The van der Waals surface area contributed by atoms with E-state index in [4.69, 9.17) is 10.5 Å². The second-order valence-corrected chi connectivity index (χ2v) is 8.10. The lowest BCUT2D eigenvalue weighted by atomic mass is 9.99. The topological polar surface area (TPSA) is 90.4 Å². The molecule has 2 heterocycles. The van der Waals surface area contributed by atoms with Gasteiger partial charge in [-0.1, -0.05) is 70.2 Å². The number of para-hydroxylation sites is 2. The Labute approximate surface area is 188 Å². The molecule has 0 amide bonds. The van der Waals surface area contributed by atoms with Gasteiger partial charge in [-0.25, -0.2) is 9.97 Å². The third-order valence-corrected chi connectivity index (χ3v) is 5.19. The van der Waals surface area contributed by atoms with Crippen molar-refractivity contribution in [3.8, 4) is 12.1 Å². The Morgan fingerprint density at radius 3 is 2.16 bits per heavy atom. The van der Waals surface area contributed by atoms with Crippen LogP contribution in [0.2, 0.25) is 0 Å². The Morgan fingerprint density at radius 1 is 0.812 bits per heavy atom. The third kappa shape index (κ3) is 4.79. The highest BCUT2D eigenvalue weighted by Crippen LogP contribution is 2.24. The number of hydrogen-bond acceptors (Lipinski definition) is 5. The van der Waals surface area contributed by atoms with Crippen molar-refractivity contribution >= 4 is 27.6 Å². The van der Waals surface area contributed by atoms with Crippen LogP contribution in [0, 0.1) is 22.7 Å². The summed E-state index contributed by atoms with van der Waals surface area (Å²) in [5.41, 5.74) is 4.57. The van der Waals surface area contributed by atoms with Gasteiger partial charge in [0.2, 0.25) is 0 Å². The van der Waals surface area contributed by atoms with Crippen LogP contribution in [0.5, 0.6) is 0 Å². The van der Waals surface area contributed by atoms with Gasteiger partial charge in [0.1, 0.15) is 23.5 Å². The SMILES string of the molecule is CC(C)c1cc2ccccc2nc1C#N.CC(C)c1cccc2ccc(C(=O)C#N)nc12. The van der Waals surface area contributed by atoms with Crippen molar-refractivity contribution in [2.75, 3.05) is 0 Å². The zero-order valence-electron chi connectivity index (χ0n) is 18.6. The van der Waals surface area contributed by atoms with Gasteiger partial charge in [0, 0.05) is 10.8 Å². The first-order valence-corrected chi connectivity index (χ1v) is 10.5. The first kappa shape index (κ1) is 22.6. The number of nitrogens with zero attached hydrogens (tertiary/aromatic N) is 4. The number of rotatable bonds is 3. The van der Waals surface area contributed by atoms with Crippen molar-refractivity contribution in [3.63, 3.8) is 0 Å². The molecule has 0 bridgehead atoms. The van der Waals surface area contributed by atoms with Gasteiger partial charge in [0.25, 0.3) is 5.78 Å². The number of Topliss-reactive ketones (excluding diaryl/α,β-unsaturated/α-hetero) is 1. The summed E-state index contributed by atoms with van der Waals surface area (Å²) < 4.78 is 0. The second-order valence-electron chi connectivity index (χ2n) is 8.10. The molecule has 0 aliphatic carbocycles. The van der Waals surface area contributed by atoms with E-state index < -0.39 is 5.78 Å². The number of nitriles is 2. The Kier molecular flexibility index (Phi) is 6.93. The van der Waals surface area contributed by atoms with Crippen molar-refractivity contribution in [1.29, 1.82) is 10.5 Å². The zero-order chi connectivity index (χ0) is 23.3. The summed E-state index contributed by atoms with van der Waals surface area (Å²) in [4.78, 5) is 20.0. The largest absolute Gasteiger partial charge is 0.280 e. The fourth-order valence-corrected chi connectivity index (χ4v) is 3.48. The fourth-order valence-electron chi connectivity index (χ4n) is 3.48. The van der Waals surface area contributed by atoms with Crippen molar-refractivity contribution in [1.82, 2.24) is 9.97 Å². The van der Waals surface area contributed by atoms with Gasteiger partial charge in [-0.3, -0.25) is 4.79 Å². The van der Waals surface area contributed by atoms with Crippen LogP contribution >= 0.6 is 0 Å². The van der Waals surface area contributed by atoms with E-state index >= 15 is 0 Å². The quantitative estimate of drug-likeness (QED) is 0.287. The van der Waals surface area contributed by atoms with Gasteiger partial charge in [0.05, 0.1) is 11.0 Å². The van der Waals surface area contributed by atoms with E-state index in [1.54, 1.807) is 12.1 Å². The number of aromatic nitrogens is 2. The summed E-state index contributed by atoms with van der Waals surface area (Å²) in [6.45, 7) is 8.31. The molecule has 0 aliphatic heterocycles. The number of carbonyl (C=O) groups is 1. The molecule has 0 N–H and O–H groups in total. The number of fused-ring (bicyclic) bond motifs is 2. The maximum Gasteiger partial charge on any atom is 0.280 e. The van der Waals surface area contributed by atoms with Gasteiger partial charge < -0.3 is 0 Å². The van der Waals surface area contributed by atoms with Gasteiger partial charge >= 0.3 is 0 Å². The molecule has 0 aliphatic rings. The maximum absolute atomic E-state index is 11.3. The van der Waals surface area contributed by atoms with Crippen LogP contribution < -0.4 is 0 Å². The summed E-state index contributed by atoms with van der Waals surface area (Å²) >= 11 is 0. The van der Waals surface area contributed by atoms with Gasteiger partial charge in [-0.2, -0.15) is 10.5 Å². The Bertz CT molecular complexity index is 1370. The smallest absolute Gasteiger partial charge is 0.275 e. The van der Waals surface area contributed by atoms with E-state index in [9.17, 15) is 4.79 Å². The second kappa shape index (κ2) is 9.81. The fraction of sp³-hybridized carbons (Fsp3) is 0.222. The number of carbonyl (C=O) groups excluding carboxylic acids is 1. The summed E-state index contributed by atoms with van der Waals surface area (Å²) in [5.74, 6) is 0.0702. The van der Waals surface area contributed by atoms with E-state index in [-0.39, 0.29) is 5.69 Å². The van der Waals surface area contributed by atoms with E-state index in [1.165, 1.54) is 0 Å². The van der Waals surface area contributed by atoms with E-state index in [1.807, 2.05) is 48.5 Å². The monoisotopic (exact) mass is 420 g/mol. The molecular weight excluding hydrogens is 396 g/mol. The number of benzene rings is 2. The zero-order valence-corrected chi connectivity index (χ0v) is 18.6. The minimum absolute atomic E-state index is 0.216. The van der Waals surface area contributed by atoms with Gasteiger partial charge in [0.15, 0.2) is 0 Å². The lowest BCUT2D eigenvalue weighted by Gasteiger charge is -2.09. The first-order chi connectivity index (χ1) is 15.3. The molecule has 0 saturated carbocycles. The minimum atomic E-state index is -0.592. The molecule has 0 fully saturated rings. The Hall–Kier alpha value is -4.09. The highest BCUT2D eigenvalue weighted by atomic mass is 16.1. The minimum Gasteiger partial charge on any atom is -0.275 e. The Morgan fingerprint density at radius 2 is 1.50 bits per heavy atom. The number of hydrogen-bond donors (Lipinski definition) is 0. The number of ketones is 1. The molecule has 158 valence electrons. The molecule has 0 atom stereocenters. The van der Waals surface area contributed by atoms with E-state index in [2.05, 4.69) is 49.8 Å². The number of pyridine rings is 2. The lowest BCUT2D eigenvalue weighted by Crippen LogP contribution is -2.00. The molecule has 0 saturated heterocycles. The van der Waals surface area contributed by atoms with Crippen LogP contribution in [0.15, 0.2) is 60.7 Å². The molecule has 0 spiro atoms. The van der Waals surface area contributed by atoms with Crippen LogP contribution in [0.25, 0.3) is 21.8 Å². The standard InChI is InChI=1S/C14H12N2O.C13H12N2/c1-9(2)11-5-3-4-10-6-7-12(13(17)8-15)16-14(10)11;1-9(2)11-7-10-5-3-4-6-12(10)15-13(11)8-14/h3-7,9H,1-2H3;3-7,9H,1-2H3. The summed E-state index contributed by atoms with van der Waals surface area (Å²) in [6.07, 6.45) is 0. The Balaban J connectivity index is 0.000000182. The van der Waals surface area contributed by atoms with Crippen molar-refractivity contribution in [3.05, 3.63) is 83.2 Å². The average molecular weight is 421 g/mol. The van der Waals surface area contributed by atoms with Crippen LogP contribution in [0.1, 0.15) is 66.8 Å². The van der Waals surface area contributed by atoms with Crippen molar-refractivity contribution in [2.45, 2.75) is 39.5 Å². The predicted octanol–water partition coefficient (Wildman–Crippen LogP) is 6.29. The predicted molar refractivity (Wildman–Crippen MR) is 126 cm³/mol. The molecule has 5 heteroatoms. The molecular formula is C27H24N4O. The highest BCUT2D eigenvalue weighted by molar-refractivity contribution is 6.07. The van der Waals surface area contributed by atoms with Crippen molar-refractivity contribution in [2.24, 2.45) is 0 Å². The first-order valence-electron chi connectivity index (χ1n) is 10.5. The molecule has 32 heavy (non-hydrogen) atoms. The molecule has 2 aromatic carbocycles. The molecule has 0 radical (unpaired) electrons. The molecule has 2 aromatic heterocycles. The summed E-state index contributed by atoms with van der Waals surface area (Å²) in [5, 5.41) is 19.7. The summed E-state index contributed by atoms with van der Waals surface area (Å²) in [7, 11) is 0. The van der Waals surface area contributed by atoms with Crippen LogP contribution in [0.4, 0.5) is 0 Å². The molecule has 4 aromatic rings. The molecule has 4 rings (SSSR count). The van der Waals surface area contributed by atoms with Gasteiger partial charge in [-0.05, 0) is 41.2 Å². The lowest BCUT2D eigenvalue weighted by molar-refractivity contribution is 0.105. The maximum atomic E-state index is 11.3. The third-order valence-electron chi connectivity index (χ3n) is 5.19. The van der Waals surface area contributed by atoms with E-state index in [0.717, 1.165) is 32.9 Å². The molecule has 0 unspecified atom stereocenters. The average Bonchev–Trinajstić information content (AvgIpc) is 2.82.